The molecule has 31 heavy (non-hydrogen) atoms. The summed E-state index contributed by atoms with van der Waals surface area (Å²) in [5.41, 5.74) is 1.25. The van der Waals surface area contributed by atoms with Crippen LogP contribution in [0.2, 0.25) is 0 Å². The van der Waals surface area contributed by atoms with Gasteiger partial charge in [0.05, 0.1) is 11.0 Å². The minimum atomic E-state index is -3.75. The number of carbonyl (C=O) groups excluding carboxylic acids is 1. The van der Waals surface area contributed by atoms with Crippen molar-refractivity contribution in [3.63, 3.8) is 0 Å². The zero-order valence-corrected chi connectivity index (χ0v) is 19.9. The van der Waals surface area contributed by atoms with E-state index in [9.17, 15) is 13.2 Å². The zero-order chi connectivity index (χ0) is 22.0. The van der Waals surface area contributed by atoms with Crippen molar-refractivity contribution in [2.24, 2.45) is 34.5 Å². The summed E-state index contributed by atoms with van der Waals surface area (Å²) in [7, 11) is -3.75. The van der Waals surface area contributed by atoms with Gasteiger partial charge in [-0.1, -0.05) is 31.5 Å². The molecule has 5 rings (SSSR count). The van der Waals surface area contributed by atoms with Crippen molar-refractivity contribution in [1.29, 1.82) is 0 Å². The largest absolute Gasteiger partial charge is 0.300 e. The van der Waals surface area contributed by atoms with Gasteiger partial charge in [0.25, 0.3) is 10.1 Å². The minimum Gasteiger partial charge on any atom is -0.300 e. The van der Waals surface area contributed by atoms with E-state index in [1.807, 2.05) is 19.1 Å². The Kier molecular flexibility index (Phi) is 5.17. The van der Waals surface area contributed by atoms with Crippen molar-refractivity contribution in [3.8, 4) is 0 Å². The predicted octanol–water partition coefficient (Wildman–Crippen LogP) is 5.68. The monoisotopic (exact) mass is 444 g/mol. The highest BCUT2D eigenvalue weighted by Gasteiger charge is 2.61. The van der Waals surface area contributed by atoms with Crippen LogP contribution >= 0.6 is 0 Å². The van der Waals surface area contributed by atoms with Gasteiger partial charge in [-0.3, -0.25) is 8.98 Å². The molecule has 1 aromatic rings. The molecule has 1 aromatic carbocycles. The van der Waals surface area contributed by atoms with E-state index < -0.39 is 10.1 Å². The van der Waals surface area contributed by atoms with Crippen LogP contribution in [0.3, 0.4) is 0 Å². The Bertz CT molecular complexity index is 968. The smallest absolute Gasteiger partial charge is 0.297 e. The number of Topliss-reactive ketones (excluding diaryl/α,β-unsaturated/α-hetero) is 1. The topological polar surface area (TPSA) is 60.4 Å². The van der Waals surface area contributed by atoms with Crippen molar-refractivity contribution in [2.45, 2.75) is 89.6 Å². The van der Waals surface area contributed by atoms with Crippen LogP contribution in [0, 0.1) is 41.4 Å². The van der Waals surface area contributed by atoms with Gasteiger partial charge in [0, 0.05) is 12.8 Å². The van der Waals surface area contributed by atoms with Crippen LogP contribution in [-0.2, 0) is 19.1 Å². The molecular weight excluding hydrogens is 408 g/mol. The molecule has 4 nitrogen and oxygen atoms in total. The molecule has 170 valence electrons. The number of hydrogen-bond donors (Lipinski definition) is 0. The summed E-state index contributed by atoms with van der Waals surface area (Å²) in [4.78, 5) is 12.4. The molecule has 0 unspecified atom stereocenters. The molecule has 0 aliphatic heterocycles. The quantitative estimate of drug-likeness (QED) is 0.563. The van der Waals surface area contributed by atoms with Crippen LogP contribution in [0.1, 0.15) is 77.2 Å². The zero-order valence-electron chi connectivity index (χ0n) is 19.1. The van der Waals surface area contributed by atoms with E-state index in [0.29, 0.717) is 29.5 Å². The third-order valence-electron chi connectivity index (χ3n) is 9.95. The lowest BCUT2D eigenvalue weighted by atomic mass is 9.45. The summed E-state index contributed by atoms with van der Waals surface area (Å²) in [6.07, 6.45) is 8.75. The average Bonchev–Trinajstić information content (AvgIpc) is 3.04. The van der Waals surface area contributed by atoms with Gasteiger partial charge in [0.15, 0.2) is 0 Å². The molecule has 5 heteroatoms. The number of hydrogen-bond acceptors (Lipinski definition) is 4. The van der Waals surface area contributed by atoms with Gasteiger partial charge in [-0.05, 0) is 98.5 Å². The average molecular weight is 445 g/mol. The fraction of sp³-hybridized carbons (Fsp3) is 0.731. The predicted molar refractivity (Wildman–Crippen MR) is 120 cm³/mol. The van der Waals surface area contributed by atoms with Crippen LogP contribution in [0.4, 0.5) is 0 Å². The van der Waals surface area contributed by atoms with Crippen LogP contribution in [-0.4, -0.2) is 20.3 Å². The molecule has 4 saturated carbocycles. The molecule has 4 aliphatic carbocycles. The van der Waals surface area contributed by atoms with Crippen LogP contribution in [0.25, 0.3) is 0 Å². The number of ketones is 1. The third kappa shape index (κ3) is 3.42. The number of rotatable bonds is 3. The fourth-order valence-electron chi connectivity index (χ4n) is 8.07. The maximum atomic E-state index is 13.0. The molecule has 0 saturated heterocycles. The molecule has 0 bridgehead atoms. The van der Waals surface area contributed by atoms with Crippen molar-refractivity contribution in [2.75, 3.05) is 0 Å². The van der Waals surface area contributed by atoms with E-state index in [4.69, 9.17) is 4.18 Å². The molecule has 0 heterocycles. The van der Waals surface area contributed by atoms with E-state index in [2.05, 4.69) is 13.8 Å². The first-order valence-electron chi connectivity index (χ1n) is 12.2. The highest BCUT2D eigenvalue weighted by Crippen LogP contribution is 2.66. The van der Waals surface area contributed by atoms with E-state index in [1.165, 1.54) is 6.42 Å². The second-order valence-corrected chi connectivity index (χ2v) is 12.9. The standard InChI is InChI=1S/C26H36O4S/c1-17-4-7-20(8-5-17)31(28,29)30-24-11-10-22-21-9-6-18-16-19(27)12-14-25(18,2)23(21)13-15-26(22,24)3/h4-5,7-8,18,21-24H,6,9-16H2,1-3H3/t18-,21+,22+,23+,24+,25+,26+/m1/s1. The van der Waals surface area contributed by atoms with Crippen molar-refractivity contribution >= 4 is 15.9 Å². The van der Waals surface area contributed by atoms with Crippen LogP contribution in [0.15, 0.2) is 29.2 Å². The van der Waals surface area contributed by atoms with Gasteiger partial charge in [-0.25, -0.2) is 0 Å². The van der Waals surface area contributed by atoms with Gasteiger partial charge in [0.1, 0.15) is 5.78 Å². The lowest BCUT2D eigenvalue weighted by molar-refractivity contribution is -0.140. The third-order valence-corrected chi connectivity index (χ3v) is 11.3. The summed E-state index contributed by atoms with van der Waals surface area (Å²) in [5.74, 6) is 2.85. The Morgan fingerprint density at radius 3 is 2.35 bits per heavy atom. The van der Waals surface area contributed by atoms with Gasteiger partial charge >= 0.3 is 0 Å². The number of aryl methyl sites for hydroxylation is 1. The highest BCUT2D eigenvalue weighted by molar-refractivity contribution is 7.86. The summed E-state index contributed by atoms with van der Waals surface area (Å²) in [5, 5.41) is 0. The van der Waals surface area contributed by atoms with Gasteiger partial charge < -0.3 is 0 Å². The molecule has 0 amide bonds. The van der Waals surface area contributed by atoms with Crippen LogP contribution in [0.5, 0.6) is 0 Å². The first-order chi connectivity index (χ1) is 14.6. The Morgan fingerprint density at radius 2 is 1.61 bits per heavy atom. The van der Waals surface area contributed by atoms with Gasteiger partial charge in [-0.2, -0.15) is 8.42 Å². The first kappa shape index (κ1) is 21.6. The molecule has 0 N–H and O–H groups in total. The lowest BCUT2D eigenvalue weighted by Gasteiger charge is -2.60. The Labute approximate surface area is 187 Å². The maximum absolute atomic E-state index is 13.0. The van der Waals surface area contributed by atoms with Crippen molar-refractivity contribution < 1.29 is 17.4 Å². The minimum absolute atomic E-state index is 0.0768. The number of carbonyl (C=O) groups is 1. The molecule has 4 fully saturated rings. The molecular formula is C26H36O4S. The summed E-state index contributed by atoms with van der Waals surface area (Å²) in [6.45, 7) is 6.69. The molecule has 4 aliphatic rings. The van der Waals surface area contributed by atoms with Gasteiger partial charge in [-0.15, -0.1) is 0 Å². The van der Waals surface area contributed by atoms with E-state index in [-0.39, 0.29) is 21.8 Å². The maximum Gasteiger partial charge on any atom is 0.297 e. The van der Waals surface area contributed by atoms with Crippen molar-refractivity contribution in [3.05, 3.63) is 29.8 Å². The Morgan fingerprint density at radius 1 is 0.903 bits per heavy atom. The normalized spacial score (nSPS) is 42.5. The lowest BCUT2D eigenvalue weighted by Crippen LogP contribution is -2.54. The molecule has 0 spiro atoms. The summed E-state index contributed by atoms with van der Waals surface area (Å²) in [6, 6.07) is 6.97. The molecule has 0 aromatic heterocycles. The van der Waals surface area contributed by atoms with Crippen molar-refractivity contribution in [1.82, 2.24) is 0 Å². The van der Waals surface area contributed by atoms with Gasteiger partial charge in [0.2, 0.25) is 0 Å². The summed E-state index contributed by atoms with van der Waals surface area (Å²) >= 11 is 0. The second-order valence-electron chi connectivity index (χ2n) is 11.4. The molecule has 7 atom stereocenters. The SMILES string of the molecule is Cc1ccc(S(=O)(=O)O[C@H]2CC[C@H]3[C@@H]4CC[C@@H]5CC(=O)CC[C@]5(C)[C@H]4CC[C@]23C)cc1. The molecule has 0 radical (unpaired) electrons. The van der Waals surface area contributed by atoms with E-state index in [1.54, 1.807) is 12.1 Å². The van der Waals surface area contributed by atoms with E-state index >= 15 is 0 Å². The Hall–Kier alpha value is -1.20. The fourth-order valence-corrected chi connectivity index (χ4v) is 9.27. The second kappa shape index (κ2) is 7.41. The van der Waals surface area contributed by atoms with E-state index in [0.717, 1.165) is 56.9 Å². The number of benzene rings is 1. The first-order valence-corrected chi connectivity index (χ1v) is 13.6. The van der Waals surface area contributed by atoms with Crippen LogP contribution < -0.4 is 0 Å². The highest BCUT2D eigenvalue weighted by atomic mass is 32.2. The summed E-state index contributed by atoms with van der Waals surface area (Å²) < 4.78 is 32.0. The number of fused-ring (bicyclic) bond motifs is 5. The Balaban J connectivity index is 1.37.